The largest absolute Gasteiger partial charge is 0.326 e. The first kappa shape index (κ1) is 12.4. The Kier molecular flexibility index (Phi) is 3.19. The van der Waals surface area contributed by atoms with Crippen LogP contribution in [0, 0.1) is 0 Å². The lowest BCUT2D eigenvalue weighted by atomic mass is 9.99. The molecular formula is C14H16N2O2. The van der Waals surface area contributed by atoms with Crippen LogP contribution >= 0.6 is 0 Å². The molecule has 0 spiro atoms. The zero-order valence-corrected chi connectivity index (χ0v) is 10.7. The Morgan fingerprint density at radius 3 is 2.61 bits per heavy atom. The van der Waals surface area contributed by atoms with Gasteiger partial charge in [-0.2, -0.15) is 0 Å². The van der Waals surface area contributed by atoms with Gasteiger partial charge in [0.15, 0.2) is 0 Å². The second kappa shape index (κ2) is 4.64. The van der Waals surface area contributed by atoms with Gasteiger partial charge in [-0.05, 0) is 23.6 Å². The number of carbonyl (C=O) groups excluding carboxylic acids is 1. The first-order chi connectivity index (χ1) is 8.47. The lowest BCUT2D eigenvalue weighted by molar-refractivity contribution is -0.114. The number of anilines is 1. The van der Waals surface area contributed by atoms with E-state index in [-0.39, 0.29) is 17.4 Å². The maximum absolute atomic E-state index is 11.6. The number of hydrogen-bond acceptors (Lipinski definition) is 2. The van der Waals surface area contributed by atoms with Crippen molar-refractivity contribution in [1.82, 2.24) is 4.98 Å². The van der Waals surface area contributed by atoms with Gasteiger partial charge in [-0.15, -0.1) is 0 Å². The minimum atomic E-state index is -0.128. The van der Waals surface area contributed by atoms with Crippen LogP contribution in [-0.2, 0) is 4.79 Å². The van der Waals surface area contributed by atoms with Crippen LogP contribution in [0.25, 0.3) is 10.9 Å². The molecule has 1 aromatic heterocycles. The van der Waals surface area contributed by atoms with Crippen LogP contribution in [0.1, 0.15) is 32.3 Å². The fourth-order valence-electron chi connectivity index (χ4n) is 2.05. The molecule has 0 atom stereocenters. The normalized spacial score (nSPS) is 10.9. The topological polar surface area (TPSA) is 62.0 Å². The number of rotatable bonds is 2. The predicted molar refractivity (Wildman–Crippen MR) is 73.0 cm³/mol. The molecule has 0 fully saturated rings. The highest BCUT2D eigenvalue weighted by Gasteiger charge is 2.08. The van der Waals surface area contributed by atoms with Crippen LogP contribution in [0.3, 0.4) is 0 Å². The van der Waals surface area contributed by atoms with Gasteiger partial charge in [-0.25, -0.2) is 0 Å². The van der Waals surface area contributed by atoms with E-state index in [1.807, 2.05) is 12.1 Å². The van der Waals surface area contributed by atoms with E-state index in [2.05, 4.69) is 24.1 Å². The third-order valence-electron chi connectivity index (χ3n) is 2.82. The number of pyridine rings is 1. The number of nitrogens with one attached hydrogen (secondary N) is 2. The monoisotopic (exact) mass is 244 g/mol. The third-order valence-corrected chi connectivity index (χ3v) is 2.82. The van der Waals surface area contributed by atoms with Gasteiger partial charge in [0.2, 0.25) is 11.5 Å². The lowest BCUT2D eigenvalue weighted by Crippen LogP contribution is -2.09. The van der Waals surface area contributed by atoms with E-state index >= 15 is 0 Å². The summed E-state index contributed by atoms with van der Waals surface area (Å²) in [6.07, 6.45) is 0. The summed E-state index contributed by atoms with van der Waals surface area (Å²) >= 11 is 0. The Labute approximate surface area is 105 Å². The number of amides is 1. The van der Waals surface area contributed by atoms with Crippen molar-refractivity contribution in [3.05, 3.63) is 40.2 Å². The summed E-state index contributed by atoms with van der Waals surface area (Å²) in [6.45, 7) is 5.56. The van der Waals surface area contributed by atoms with Crippen molar-refractivity contribution in [1.29, 1.82) is 0 Å². The average molecular weight is 244 g/mol. The van der Waals surface area contributed by atoms with Crippen LogP contribution in [0.5, 0.6) is 0 Å². The number of aromatic amines is 1. The van der Waals surface area contributed by atoms with E-state index in [4.69, 9.17) is 0 Å². The summed E-state index contributed by atoms with van der Waals surface area (Å²) in [5.74, 6) is 0.151. The lowest BCUT2D eigenvalue weighted by Gasteiger charge is -2.10. The molecule has 0 aliphatic heterocycles. The van der Waals surface area contributed by atoms with Gasteiger partial charge in [0, 0.05) is 24.1 Å². The van der Waals surface area contributed by atoms with Gasteiger partial charge >= 0.3 is 0 Å². The molecule has 0 unspecified atom stereocenters. The molecule has 2 N–H and O–H groups in total. The van der Waals surface area contributed by atoms with Crippen molar-refractivity contribution in [3.8, 4) is 0 Å². The smallest absolute Gasteiger partial charge is 0.248 e. The average Bonchev–Trinajstić information content (AvgIpc) is 2.26. The molecule has 4 heteroatoms. The van der Waals surface area contributed by atoms with Crippen molar-refractivity contribution in [2.75, 3.05) is 5.32 Å². The standard InChI is InChI=1S/C14H16N2O2/c1-8(2)12-7-14(18)16-13-6-10(15-9(3)17)4-5-11(12)13/h4-8H,1-3H3,(H,15,17)(H,16,18). The molecule has 0 bridgehead atoms. The molecule has 1 aromatic carbocycles. The molecule has 0 saturated carbocycles. The van der Waals surface area contributed by atoms with E-state index in [1.54, 1.807) is 12.1 Å². The highest BCUT2D eigenvalue weighted by molar-refractivity contribution is 5.92. The molecule has 0 aliphatic rings. The molecule has 1 amide bonds. The first-order valence-electron chi connectivity index (χ1n) is 5.92. The maximum atomic E-state index is 11.6. The van der Waals surface area contributed by atoms with Crippen molar-refractivity contribution < 1.29 is 4.79 Å². The zero-order chi connectivity index (χ0) is 13.3. The van der Waals surface area contributed by atoms with Crippen LogP contribution in [0.2, 0.25) is 0 Å². The highest BCUT2D eigenvalue weighted by atomic mass is 16.1. The molecule has 18 heavy (non-hydrogen) atoms. The molecule has 4 nitrogen and oxygen atoms in total. The Balaban J connectivity index is 2.64. The number of fused-ring (bicyclic) bond motifs is 1. The Morgan fingerprint density at radius 1 is 1.28 bits per heavy atom. The molecule has 2 aromatic rings. The van der Waals surface area contributed by atoms with Gasteiger partial charge in [-0.1, -0.05) is 19.9 Å². The van der Waals surface area contributed by atoms with Crippen molar-refractivity contribution >= 4 is 22.5 Å². The number of carbonyl (C=O) groups is 1. The van der Waals surface area contributed by atoms with Crippen molar-refractivity contribution in [2.45, 2.75) is 26.7 Å². The first-order valence-corrected chi connectivity index (χ1v) is 5.92. The second-order valence-corrected chi connectivity index (χ2v) is 4.69. The van der Waals surface area contributed by atoms with E-state index in [0.717, 1.165) is 16.5 Å². The van der Waals surface area contributed by atoms with E-state index in [0.29, 0.717) is 5.69 Å². The molecule has 0 saturated heterocycles. The molecule has 0 radical (unpaired) electrons. The SMILES string of the molecule is CC(=O)Nc1ccc2c(C(C)C)cc(=O)[nH]c2c1. The number of H-pyrrole nitrogens is 1. The summed E-state index contributed by atoms with van der Waals surface area (Å²) in [6, 6.07) is 7.18. The summed E-state index contributed by atoms with van der Waals surface area (Å²) in [5, 5.41) is 3.72. The Bertz CT molecular complexity index is 656. The van der Waals surface area contributed by atoms with Gasteiger partial charge in [0.25, 0.3) is 0 Å². The van der Waals surface area contributed by atoms with Crippen molar-refractivity contribution in [3.63, 3.8) is 0 Å². The van der Waals surface area contributed by atoms with Crippen LogP contribution in [-0.4, -0.2) is 10.9 Å². The van der Waals surface area contributed by atoms with Crippen molar-refractivity contribution in [2.24, 2.45) is 0 Å². The van der Waals surface area contributed by atoms with E-state index in [1.165, 1.54) is 6.92 Å². The third kappa shape index (κ3) is 2.42. The Morgan fingerprint density at radius 2 is 2.00 bits per heavy atom. The fourth-order valence-corrected chi connectivity index (χ4v) is 2.05. The van der Waals surface area contributed by atoms with Gasteiger partial charge in [0.05, 0.1) is 5.52 Å². The van der Waals surface area contributed by atoms with Gasteiger partial charge < -0.3 is 10.3 Å². The van der Waals surface area contributed by atoms with E-state index in [9.17, 15) is 9.59 Å². The quantitative estimate of drug-likeness (QED) is 0.853. The minimum Gasteiger partial charge on any atom is -0.326 e. The van der Waals surface area contributed by atoms with Gasteiger partial charge in [-0.3, -0.25) is 9.59 Å². The summed E-state index contributed by atoms with van der Waals surface area (Å²) < 4.78 is 0. The second-order valence-electron chi connectivity index (χ2n) is 4.69. The molecule has 2 rings (SSSR count). The molecular weight excluding hydrogens is 228 g/mol. The highest BCUT2D eigenvalue weighted by Crippen LogP contribution is 2.24. The maximum Gasteiger partial charge on any atom is 0.248 e. The van der Waals surface area contributed by atoms with Gasteiger partial charge in [0.1, 0.15) is 0 Å². The molecule has 0 aliphatic carbocycles. The molecule has 1 heterocycles. The Hall–Kier alpha value is -2.10. The number of aromatic nitrogens is 1. The zero-order valence-electron chi connectivity index (χ0n) is 10.7. The molecule has 94 valence electrons. The van der Waals surface area contributed by atoms with Crippen LogP contribution in [0.4, 0.5) is 5.69 Å². The minimum absolute atomic E-state index is 0.119. The summed E-state index contributed by atoms with van der Waals surface area (Å²) in [7, 11) is 0. The van der Waals surface area contributed by atoms with E-state index < -0.39 is 0 Å². The van der Waals surface area contributed by atoms with Crippen LogP contribution in [0.15, 0.2) is 29.1 Å². The summed E-state index contributed by atoms with van der Waals surface area (Å²) in [4.78, 5) is 25.4. The van der Waals surface area contributed by atoms with Crippen LogP contribution < -0.4 is 10.9 Å². The predicted octanol–water partition coefficient (Wildman–Crippen LogP) is 2.61. The number of hydrogen-bond donors (Lipinski definition) is 2. The summed E-state index contributed by atoms with van der Waals surface area (Å²) in [5.41, 5.74) is 2.33. The fraction of sp³-hybridized carbons (Fsp3) is 0.286. The number of benzene rings is 1.